The number of halogens is 1. The second-order valence-electron chi connectivity index (χ2n) is 8.33. The SMILES string of the molecule is COc1cc(NC(=O)N[C@@H]2CCC[C@H]2N(C)CCCc2ccc(Cl)cc2)cc(OC)c1OC. The van der Waals surface area contributed by atoms with Crippen molar-refractivity contribution in [1.29, 1.82) is 0 Å². The van der Waals surface area contributed by atoms with Crippen LogP contribution in [0.3, 0.4) is 0 Å². The molecule has 2 amide bonds. The standard InChI is InChI=1S/C25H34ClN3O4/c1-29(14-6-7-17-10-12-18(26)13-11-17)21-9-5-8-20(21)28-25(30)27-19-15-22(31-2)24(33-4)23(16-19)32-3/h10-13,15-16,20-21H,5-9,14H2,1-4H3,(H2,27,28,30)/t20-,21-/m1/s1. The van der Waals surface area contributed by atoms with E-state index in [1.807, 2.05) is 12.1 Å². The van der Waals surface area contributed by atoms with Crippen LogP contribution in [-0.2, 0) is 6.42 Å². The van der Waals surface area contributed by atoms with Gasteiger partial charge in [0, 0.05) is 29.2 Å². The fourth-order valence-corrected chi connectivity index (χ4v) is 4.60. The summed E-state index contributed by atoms with van der Waals surface area (Å²) in [5, 5.41) is 6.82. The average molecular weight is 476 g/mol. The maximum atomic E-state index is 12.8. The zero-order valence-corrected chi connectivity index (χ0v) is 20.6. The summed E-state index contributed by atoms with van der Waals surface area (Å²) in [6, 6.07) is 11.6. The first-order valence-corrected chi connectivity index (χ1v) is 11.6. The molecule has 0 bridgehead atoms. The molecular weight excluding hydrogens is 442 g/mol. The Hall–Kier alpha value is -2.64. The van der Waals surface area contributed by atoms with Crippen molar-refractivity contribution in [2.24, 2.45) is 0 Å². The normalized spacial score (nSPS) is 17.6. The van der Waals surface area contributed by atoms with Crippen molar-refractivity contribution in [3.8, 4) is 17.2 Å². The lowest BCUT2D eigenvalue weighted by atomic mass is 10.1. The molecule has 0 spiro atoms. The van der Waals surface area contributed by atoms with Crippen molar-refractivity contribution >= 4 is 23.3 Å². The number of benzene rings is 2. The van der Waals surface area contributed by atoms with Crippen molar-refractivity contribution in [1.82, 2.24) is 10.2 Å². The van der Waals surface area contributed by atoms with Crippen molar-refractivity contribution < 1.29 is 19.0 Å². The largest absolute Gasteiger partial charge is 0.493 e. The highest BCUT2D eigenvalue weighted by molar-refractivity contribution is 6.30. The molecule has 1 aliphatic carbocycles. The Morgan fingerprint density at radius 1 is 1.06 bits per heavy atom. The van der Waals surface area contributed by atoms with Gasteiger partial charge in [0.1, 0.15) is 0 Å². The first-order chi connectivity index (χ1) is 15.9. The minimum atomic E-state index is -0.240. The first kappa shape index (κ1) is 25.0. The predicted molar refractivity (Wildman–Crippen MR) is 132 cm³/mol. The predicted octanol–water partition coefficient (Wildman–Crippen LogP) is 4.97. The summed E-state index contributed by atoms with van der Waals surface area (Å²) < 4.78 is 16.1. The molecule has 8 heteroatoms. The van der Waals surface area contributed by atoms with E-state index in [2.05, 4.69) is 34.7 Å². The summed E-state index contributed by atoms with van der Waals surface area (Å²) in [6.07, 6.45) is 5.20. The highest BCUT2D eigenvalue weighted by Crippen LogP contribution is 2.40. The number of urea groups is 1. The maximum absolute atomic E-state index is 12.8. The summed E-state index contributed by atoms with van der Waals surface area (Å²) in [6.45, 7) is 0.972. The van der Waals surface area contributed by atoms with Gasteiger partial charge in [-0.1, -0.05) is 23.7 Å². The number of carbonyl (C=O) groups excluding carboxylic acids is 1. The lowest BCUT2D eigenvalue weighted by Gasteiger charge is -2.30. The van der Waals surface area contributed by atoms with E-state index in [1.165, 1.54) is 5.56 Å². The Bertz CT molecular complexity index is 897. The van der Waals surface area contributed by atoms with Crippen LogP contribution in [0.2, 0.25) is 5.02 Å². The highest BCUT2D eigenvalue weighted by atomic mass is 35.5. The number of methoxy groups -OCH3 is 3. The molecule has 0 saturated heterocycles. The molecule has 0 unspecified atom stereocenters. The molecule has 2 aromatic carbocycles. The Morgan fingerprint density at radius 2 is 1.73 bits per heavy atom. The number of likely N-dealkylation sites (N-methyl/N-ethyl adjacent to an activating group) is 1. The summed E-state index contributed by atoms with van der Waals surface area (Å²) in [7, 11) is 6.79. The molecule has 2 aromatic rings. The van der Waals surface area contributed by atoms with Crippen LogP contribution in [-0.4, -0.2) is 57.9 Å². The van der Waals surface area contributed by atoms with Crippen molar-refractivity contribution in [3.05, 3.63) is 47.0 Å². The molecule has 0 heterocycles. The molecule has 1 saturated carbocycles. The molecule has 33 heavy (non-hydrogen) atoms. The van der Waals surface area contributed by atoms with Gasteiger partial charge in [0.2, 0.25) is 5.75 Å². The van der Waals surface area contributed by atoms with Crippen LogP contribution >= 0.6 is 11.6 Å². The van der Waals surface area contributed by atoms with E-state index in [1.54, 1.807) is 33.5 Å². The van der Waals surface area contributed by atoms with E-state index in [-0.39, 0.29) is 12.1 Å². The number of nitrogens with one attached hydrogen (secondary N) is 2. The zero-order chi connectivity index (χ0) is 23.8. The van der Waals surface area contributed by atoms with Gasteiger partial charge in [0.15, 0.2) is 11.5 Å². The fourth-order valence-electron chi connectivity index (χ4n) is 4.47. The van der Waals surface area contributed by atoms with Gasteiger partial charge in [-0.05, 0) is 63.4 Å². The third-order valence-corrected chi connectivity index (χ3v) is 6.43. The molecule has 0 aromatic heterocycles. The highest BCUT2D eigenvalue weighted by Gasteiger charge is 2.31. The number of hydrogen-bond acceptors (Lipinski definition) is 5. The number of amides is 2. The number of ether oxygens (including phenoxy) is 3. The van der Waals surface area contributed by atoms with Crippen LogP contribution in [0.1, 0.15) is 31.2 Å². The molecule has 2 atom stereocenters. The number of carbonyl (C=O) groups is 1. The Kier molecular flexibility index (Phi) is 9.09. The van der Waals surface area contributed by atoms with Gasteiger partial charge >= 0.3 is 6.03 Å². The molecule has 3 rings (SSSR count). The third kappa shape index (κ3) is 6.68. The van der Waals surface area contributed by atoms with Crippen LogP contribution < -0.4 is 24.8 Å². The van der Waals surface area contributed by atoms with Crippen LogP contribution in [0.5, 0.6) is 17.2 Å². The lowest BCUT2D eigenvalue weighted by molar-refractivity contribution is 0.205. The molecule has 0 aliphatic heterocycles. The molecule has 7 nitrogen and oxygen atoms in total. The van der Waals surface area contributed by atoms with E-state index >= 15 is 0 Å². The first-order valence-electron chi connectivity index (χ1n) is 11.3. The van der Waals surface area contributed by atoms with Crippen molar-refractivity contribution in [2.75, 3.05) is 40.2 Å². The molecular formula is C25H34ClN3O4. The third-order valence-electron chi connectivity index (χ3n) is 6.17. The molecule has 0 radical (unpaired) electrons. The molecule has 1 aliphatic rings. The van der Waals surface area contributed by atoms with Crippen molar-refractivity contribution in [3.63, 3.8) is 0 Å². The number of nitrogens with zero attached hydrogens (tertiary/aromatic N) is 1. The summed E-state index contributed by atoms with van der Waals surface area (Å²) in [5.74, 6) is 1.47. The van der Waals surface area contributed by atoms with Gasteiger partial charge in [-0.2, -0.15) is 0 Å². The fraction of sp³-hybridized carbons (Fsp3) is 0.480. The van der Waals surface area contributed by atoms with E-state index in [4.69, 9.17) is 25.8 Å². The minimum Gasteiger partial charge on any atom is -0.493 e. The van der Waals surface area contributed by atoms with E-state index in [9.17, 15) is 4.79 Å². The number of anilines is 1. The topological polar surface area (TPSA) is 72.1 Å². The molecule has 1 fully saturated rings. The molecule has 180 valence electrons. The number of rotatable bonds is 10. The second kappa shape index (κ2) is 12.0. The smallest absolute Gasteiger partial charge is 0.319 e. The van der Waals surface area contributed by atoms with E-state index < -0.39 is 0 Å². The van der Waals surface area contributed by atoms with Crippen LogP contribution in [0.15, 0.2) is 36.4 Å². The Balaban J connectivity index is 1.54. The maximum Gasteiger partial charge on any atom is 0.319 e. The summed E-state index contributed by atoms with van der Waals surface area (Å²) in [5.41, 5.74) is 1.87. The Morgan fingerprint density at radius 3 is 2.33 bits per heavy atom. The molecule has 2 N–H and O–H groups in total. The minimum absolute atomic E-state index is 0.104. The summed E-state index contributed by atoms with van der Waals surface area (Å²) >= 11 is 5.97. The number of hydrogen-bond donors (Lipinski definition) is 2. The quantitative estimate of drug-likeness (QED) is 0.507. The van der Waals surface area contributed by atoms with Gasteiger partial charge < -0.3 is 29.7 Å². The van der Waals surface area contributed by atoms with Gasteiger partial charge in [-0.25, -0.2) is 4.79 Å². The monoisotopic (exact) mass is 475 g/mol. The van der Waals surface area contributed by atoms with E-state index in [0.29, 0.717) is 29.0 Å². The Labute approximate surface area is 201 Å². The van der Waals surface area contributed by atoms with Gasteiger partial charge in [0.05, 0.1) is 27.0 Å². The van der Waals surface area contributed by atoms with Crippen LogP contribution in [0.4, 0.5) is 10.5 Å². The zero-order valence-electron chi connectivity index (χ0n) is 19.8. The van der Waals surface area contributed by atoms with E-state index in [0.717, 1.165) is 43.7 Å². The van der Waals surface area contributed by atoms with Gasteiger partial charge in [0.25, 0.3) is 0 Å². The second-order valence-corrected chi connectivity index (χ2v) is 8.76. The van der Waals surface area contributed by atoms with Crippen LogP contribution in [0, 0.1) is 0 Å². The number of aryl methyl sites for hydroxylation is 1. The lowest BCUT2D eigenvalue weighted by Crippen LogP contribution is -2.48. The van der Waals surface area contributed by atoms with Crippen molar-refractivity contribution in [2.45, 2.75) is 44.2 Å². The summed E-state index contributed by atoms with van der Waals surface area (Å²) in [4.78, 5) is 15.1. The van der Waals surface area contributed by atoms with Gasteiger partial charge in [-0.15, -0.1) is 0 Å². The van der Waals surface area contributed by atoms with Crippen LogP contribution in [0.25, 0.3) is 0 Å². The average Bonchev–Trinajstić information content (AvgIpc) is 3.27. The van der Waals surface area contributed by atoms with Gasteiger partial charge in [-0.3, -0.25) is 0 Å².